The van der Waals surface area contributed by atoms with Crippen molar-refractivity contribution < 1.29 is 0 Å². The predicted molar refractivity (Wildman–Crippen MR) is 83.5 cm³/mol. The van der Waals surface area contributed by atoms with Crippen molar-refractivity contribution in [2.24, 2.45) is 0 Å². The number of H-pyrrole nitrogens is 1. The van der Waals surface area contributed by atoms with Crippen molar-refractivity contribution in [2.45, 2.75) is 19.8 Å². The van der Waals surface area contributed by atoms with Crippen LogP contribution in [0, 0.1) is 0 Å². The molecule has 1 heterocycles. The second-order valence-corrected chi connectivity index (χ2v) is 4.92. The van der Waals surface area contributed by atoms with Gasteiger partial charge in [-0.25, -0.2) is 4.98 Å². The van der Waals surface area contributed by atoms with Gasteiger partial charge in [0.25, 0.3) is 0 Å². The Bertz CT molecular complexity index is 683. The Hall–Kier alpha value is -2.35. The summed E-state index contributed by atoms with van der Waals surface area (Å²) in [7, 11) is 0. The lowest BCUT2D eigenvalue weighted by Crippen LogP contribution is -1.89. The molecule has 0 bridgehead atoms. The fourth-order valence-corrected chi connectivity index (χ4v) is 2.47. The van der Waals surface area contributed by atoms with E-state index in [0.717, 1.165) is 29.9 Å². The average molecular weight is 262 g/mol. The van der Waals surface area contributed by atoms with Crippen molar-refractivity contribution in [1.82, 2.24) is 9.97 Å². The first kappa shape index (κ1) is 12.7. The molecule has 0 aliphatic rings. The molecular formula is C18H18N2. The van der Waals surface area contributed by atoms with E-state index in [2.05, 4.69) is 53.3 Å². The summed E-state index contributed by atoms with van der Waals surface area (Å²) in [6.07, 6.45) is 4.17. The third-order valence-corrected chi connectivity index (χ3v) is 3.45. The number of hydrogen-bond acceptors (Lipinski definition) is 1. The van der Waals surface area contributed by atoms with Gasteiger partial charge in [-0.05, 0) is 12.0 Å². The highest BCUT2D eigenvalue weighted by molar-refractivity contribution is 5.67. The van der Waals surface area contributed by atoms with Crippen LogP contribution in [0.2, 0.25) is 0 Å². The monoisotopic (exact) mass is 262 g/mol. The first-order chi connectivity index (χ1) is 9.88. The Morgan fingerprint density at radius 1 is 0.950 bits per heavy atom. The quantitative estimate of drug-likeness (QED) is 0.725. The first-order valence-electron chi connectivity index (χ1n) is 7.07. The summed E-state index contributed by atoms with van der Waals surface area (Å²) in [5, 5.41) is 0. The first-order valence-corrected chi connectivity index (χ1v) is 7.07. The van der Waals surface area contributed by atoms with Crippen molar-refractivity contribution in [1.29, 1.82) is 0 Å². The molecule has 2 heteroatoms. The maximum Gasteiger partial charge on any atom is 0.137 e. The van der Waals surface area contributed by atoms with Gasteiger partial charge < -0.3 is 4.98 Å². The number of nitrogens with zero attached hydrogens (tertiary/aromatic N) is 1. The molecule has 0 saturated heterocycles. The molecule has 100 valence electrons. The van der Waals surface area contributed by atoms with E-state index in [-0.39, 0.29) is 0 Å². The smallest absolute Gasteiger partial charge is 0.137 e. The van der Waals surface area contributed by atoms with Crippen LogP contribution in [0.4, 0.5) is 0 Å². The summed E-state index contributed by atoms with van der Waals surface area (Å²) in [6, 6.07) is 18.8. The molecule has 0 amide bonds. The van der Waals surface area contributed by atoms with Crippen LogP contribution in [0.3, 0.4) is 0 Å². The van der Waals surface area contributed by atoms with Crippen LogP contribution in [0.1, 0.15) is 18.9 Å². The highest BCUT2D eigenvalue weighted by Gasteiger charge is 2.08. The number of hydrogen-bond donors (Lipinski definition) is 1. The molecule has 0 spiro atoms. The van der Waals surface area contributed by atoms with Gasteiger partial charge in [0.15, 0.2) is 0 Å². The second kappa shape index (κ2) is 5.74. The van der Waals surface area contributed by atoms with E-state index >= 15 is 0 Å². The fraction of sp³-hybridized carbons (Fsp3) is 0.167. The van der Waals surface area contributed by atoms with E-state index in [4.69, 9.17) is 0 Å². The minimum atomic E-state index is 0.923. The molecule has 0 aliphatic heterocycles. The van der Waals surface area contributed by atoms with Gasteiger partial charge >= 0.3 is 0 Å². The van der Waals surface area contributed by atoms with Crippen LogP contribution < -0.4 is 0 Å². The fourth-order valence-electron chi connectivity index (χ4n) is 2.47. The normalized spacial score (nSPS) is 10.7. The predicted octanol–water partition coefficient (Wildman–Crippen LogP) is 4.70. The highest BCUT2D eigenvalue weighted by Crippen LogP contribution is 2.25. The highest BCUT2D eigenvalue weighted by atomic mass is 14.9. The van der Waals surface area contributed by atoms with Gasteiger partial charge in [-0.15, -0.1) is 0 Å². The van der Waals surface area contributed by atoms with Crippen molar-refractivity contribution in [3.8, 4) is 22.6 Å². The Morgan fingerprint density at radius 3 is 2.50 bits per heavy atom. The van der Waals surface area contributed by atoms with Crippen molar-refractivity contribution in [2.75, 3.05) is 0 Å². The molecule has 0 atom stereocenters. The largest absolute Gasteiger partial charge is 0.338 e. The number of aromatic nitrogens is 2. The molecule has 2 aromatic carbocycles. The van der Waals surface area contributed by atoms with Crippen LogP contribution in [0.25, 0.3) is 22.6 Å². The zero-order valence-electron chi connectivity index (χ0n) is 11.6. The maximum absolute atomic E-state index is 4.51. The van der Waals surface area contributed by atoms with E-state index in [9.17, 15) is 0 Å². The molecule has 20 heavy (non-hydrogen) atoms. The van der Waals surface area contributed by atoms with Crippen molar-refractivity contribution in [3.05, 3.63) is 66.4 Å². The van der Waals surface area contributed by atoms with Crippen LogP contribution in [0.15, 0.2) is 60.8 Å². The van der Waals surface area contributed by atoms with E-state index in [1.807, 2.05) is 24.4 Å². The lowest BCUT2D eigenvalue weighted by atomic mass is 10.0. The molecule has 3 rings (SSSR count). The lowest BCUT2D eigenvalue weighted by Gasteiger charge is -2.06. The zero-order valence-corrected chi connectivity index (χ0v) is 11.6. The molecule has 0 fully saturated rings. The number of imidazole rings is 1. The van der Waals surface area contributed by atoms with Crippen LogP contribution in [-0.2, 0) is 6.42 Å². The summed E-state index contributed by atoms with van der Waals surface area (Å²) >= 11 is 0. The number of benzene rings is 2. The standard InChI is InChI=1S/C18H18N2/c1-2-8-14-9-6-7-12-16(14)17-13-19-18(20-17)15-10-4-3-5-11-15/h3-7,9-13H,2,8H2,1H3,(H,19,20). The zero-order chi connectivity index (χ0) is 13.8. The Balaban J connectivity index is 1.98. The van der Waals surface area contributed by atoms with E-state index in [0.29, 0.717) is 0 Å². The SMILES string of the molecule is CCCc1ccccc1-c1cnc(-c2ccccc2)[nH]1. The lowest BCUT2D eigenvalue weighted by molar-refractivity contribution is 0.923. The molecule has 1 N–H and O–H groups in total. The molecule has 0 saturated carbocycles. The minimum absolute atomic E-state index is 0.923. The topological polar surface area (TPSA) is 28.7 Å². The van der Waals surface area contributed by atoms with E-state index < -0.39 is 0 Å². The van der Waals surface area contributed by atoms with Gasteiger partial charge in [0.1, 0.15) is 5.82 Å². The van der Waals surface area contributed by atoms with Gasteiger partial charge in [-0.3, -0.25) is 0 Å². The summed E-state index contributed by atoms with van der Waals surface area (Å²) in [4.78, 5) is 7.94. The Morgan fingerprint density at radius 2 is 1.70 bits per heavy atom. The van der Waals surface area contributed by atoms with Gasteiger partial charge in [-0.1, -0.05) is 67.9 Å². The molecule has 0 unspecified atom stereocenters. The molecular weight excluding hydrogens is 244 g/mol. The van der Waals surface area contributed by atoms with E-state index in [1.165, 1.54) is 11.1 Å². The van der Waals surface area contributed by atoms with Crippen LogP contribution in [0.5, 0.6) is 0 Å². The molecule has 2 nitrogen and oxygen atoms in total. The number of aryl methyl sites for hydroxylation is 1. The molecule has 3 aromatic rings. The van der Waals surface area contributed by atoms with Gasteiger partial charge in [0, 0.05) is 11.1 Å². The molecule has 0 radical (unpaired) electrons. The summed E-state index contributed by atoms with van der Waals surface area (Å²) in [5.74, 6) is 0.923. The van der Waals surface area contributed by atoms with Gasteiger partial charge in [0.05, 0.1) is 11.9 Å². The van der Waals surface area contributed by atoms with E-state index in [1.54, 1.807) is 0 Å². The van der Waals surface area contributed by atoms with Gasteiger partial charge in [-0.2, -0.15) is 0 Å². The third kappa shape index (κ3) is 2.50. The summed E-state index contributed by atoms with van der Waals surface area (Å²) in [5.41, 5.74) is 4.84. The van der Waals surface area contributed by atoms with Crippen molar-refractivity contribution >= 4 is 0 Å². The maximum atomic E-state index is 4.51. The molecule has 1 aromatic heterocycles. The number of nitrogens with one attached hydrogen (secondary N) is 1. The van der Waals surface area contributed by atoms with Gasteiger partial charge in [0.2, 0.25) is 0 Å². The Labute approximate surface area is 119 Å². The Kier molecular flexibility index (Phi) is 3.64. The number of rotatable bonds is 4. The van der Waals surface area contributed by atoms with Crippen molar-refractivity contribution in [3.63, 3.8) is 0 Å². The van der Waals surface area contributed by atoms with Crippen LogP contribution in [-0.4, -0.2) is 9.97 Å². The summed E-state index contributed by atoms with van der Waals surface area (Å²) in [6.45, 7) is 2.21. The average Bonchev–Trinajstić information content (AvgIpc) is 2.99. The number of aromatic amines is 1. The molecule has 0 aliphatic carbocycles. The summed E-state index contributed by atoms with van der Waals surface area (Å²) < 4.78 is 0. The van der Waals surface area contributed by atoms with Crippen LogP contribution >= 0.6 is 0 Å². The minimum Gasteiger partial charge on any atom is -0.338 e. The third-order valence-electron chi connectivity index (χ3n) is 3.45. The second-order valence-electron chi connectivity index (χ2n) is 4.92.